The Hall–Kier alpha value is -1.89. The summed E-state index contributed by atoms with van der Waals surface area (Å²) in [7, 11) is 1.59. The van der Waals surface area contributed by atoms with Crippen molar-refractivity contribution in [2.45, 2.75) is 57.0 Å². The Balaban J connectivity index is 1.91. The summed E-state index contributed by atoms with van der Waals surface area (Å²) in [5.41, 5.74) is 6.42. The summed E-state index contributed by atoms with van der Waals surface area (Å²) in [5.74, 6) is 0.0127. The Kier molecular flexibility index (Phi) is 4.62. The molecule has 1 atom stereocenters. The van der Waals surface area contributed by atoms with E-state index in [1.807, 2.05) is 13.0 Å². The molecule has 1 saturated heterocycles. The first kappa shape index (κ1) is 17.0. The second-order valence-electron chi connectivity index (χ2n) is 6.91. The number of aryl methyl sites for hydroxylation is 1. The van der Waals surface area contributed by atoms with Gasteiger partial charge in [0, 0.05) is 26.1 Å². The van der Waals surface area contributed by atoms with E-state index in [1.165, 1.54) is 0 Å². The molecule has 0 unspecified atom stereocenters. The molecule has 0 radical (unpaired) electrons. The van der Waals surface area contributed by atoms with Crippen molar-refractivity contribution < 1.29 is 14.3 Å². The van der Waals surface area contributed by atoms with Crippen molar-refractivity contribution in [2.24, 2.45) is 5.73 Å². The van der Waals surface area contributed by atoms with Gasteiger partial charge in [-0.1, -0.05) is 0 Å². The van der Waals surface area contributed by atoms with Crippen molar-refractivity contribution in [3.05, 3.63) is 17.5 Å². The third kappa shape index (κ3) is 3.05. The minimum atomic E-state index is -0.639. The zero-order chi connectivity index (χ0) is 17.3. The van der Waals surface area contributed by atoms with Crippen LogP contribution in [0.25, 0.3) is 0 Å². The lowest BCUT2D eigenvalue weighted by Crippen LogP contribution is -2.52. The number of nitrogens with zero attached hydrogens (tertiary/aromatic N) is 3. The molecular formula is C17H26N4O3. The monoisotopic (exact) mass is 334 g/mol. The summed E-state index contributed by atoms with van der Waals surface area (Å²) >= 11 is 0. The molecule has 2 heterocycles. The van der Waals surface area contributed by atoms with E-state index >= 15 is 0 Å². The molecule has 0 bridgehead atoms. The standard InChI is InChI=1S/C17H26N4O3/c1-3-21-14(9-13(19-21)12-5-6-12)16(23)20-8-4-7-17(20,11-24-2)10-15(18)22/h9,12H,3-8,10-11H2,1-2H3,(H2,18,22)/t17-/m1/s1. The molecule has 0 aromatic carbocycles. The highest BCUT2D eigenvalue weighted by Gasteiger charge is 2.46. The van der Waals surface area contributed by atoms with E-state index in [4.69, 9.17) is 10.5 Å². The highest BCUT2D eigenvalue weighted by molar-refractivity contribution is 5.94. The number of primary amides is 1. The molecule has 1 aromatic heterocycles. The lowest BCUT2D eigenvalue weighted by molar-refractivity contribution is -0.121. The largest absolute Gasteiger partial charge is 0.382 e. The summed E-state index contributed by atoms with van der Waals surface area (Å²) in [5, 5.41) is 4.58. The maximum absolute atomic E-state index is 13.2. The second-order valence-corrected chi connectivity index (χ2v) is 6.91. The Morgan fingerprint density at radius 3 is 2.79 bits per heavy atom. The Labute approximate surface area is 142 Å². The number of carbonyl (C=O) groups excluding carboxylic acids is 2. The Morgan fingerprint density at radius 2 is 2.21 bits per heavy atom. The van der Waals surface area contributed by atoms with Gasteiger partial charge in [0.1, 0.15) is 5.69 Å². The number of nitrogens with two attached hydrogens (primary N) is 1. The van der Waals surface area contributed by atoms with E-state index < -0.39 is 11.4 Å². The zero-order valence-corrected chi connectivity index (χ0v) is 14.5. The summed E-state index contributed by atoms with van der Waals surface area (Å²) in [6, 6.07) is 1.92. The highest BCUT2D eigenvalue weighted by Crippen LogP contribution is 2.40. The first-order valence-electron chi connectivity index (χ1n) is 8.67. The number of likely N-dealkylation sites (tertiary alicyclic amines) is 1. The lowest BCUT2D eigenvalue weighted by atomic mass is 9.92. The molecule has 1 aromatic rings. The predicted octanol–water partition coefficient (Wildman–Crippen LogP) is 1.28. The average molecular weight is 334 g/mol. The van der Waals surface area contributed by atoms with Crippen LogP contribution in [0, 0.1) is 0 Å². The van der Waals surface area contributed by atoms with E-state index in [1.54, 1.807) is 16.7 Å². The van der Waals surface area contributed by atoms with E-state index in [0.717, 1.165) is 31.4 Å². The molecule has 2 aliphatic rings. The van der Waals surface area contributed by atoms with Crippen LogP contribution in [0.4, 0.5) is 0 Å². The van der Waals surface area contributed by atoms with Crippen LogP contribution in [0.5, 0.6) is 0 Å². The molecule has 2 N–H and O–H groups in total. The highest BCUT2D eigenvalue weighted by atomic mass is 16.5. The van der Waals surface area contributed by atoms with Crippen molar-refractivity contribution in [3.8, 4) is 0 Å². The molecule has 2 amide bonds. The normalized spacial score (nSPS) is 23.7. The first-order chi connectivity index (χ1) is 11.5. The van der Waals surface area contributed by atoms with Gasteiger partial charge in [-0.3, -0.25) is 14.3 Å². The molecule has 3 rings (SSSR count). The van der Waals surface area contributed by atoms with Crippen molar-refractivity contribution in [1.29, 1.82) is 0 Å². The van der Waals surface area contributed by atoms with Gasteiger partial charge >= 0.3 is 0 Å². The van der Waals surface area contributed by atoms with Gasteiger partial charge in [0.05, 0.1) is 24.3 Å². The van der Waals surface area contributed by atoms with Gasteiger partial charge in [-0.2, -0.15) is 5.10 Å². The van der Waals surface area contributed by atoms with Gasteiger partial charge in [-0.25, -0.2) is 0 Å². The Bertz CT molecular complexity index is 638. The summed E-state index contributed by atoms with van der Waals surface area (Å²) in [4.78, 5) is 26.6. The minimum Gasteiger partial charge on any atom is -0.382 e. The van der Waals surface area contributed by atoms with Gasteiger partial charge in [-0.05, 0) is 38.7 Å². The van der Waals surface area contributed by atoms with Crippen molar-refractivity contribution in [1.82, 2.24) is 14.7 Å². The van der Waals surface area contributed by atoms with Crippen LogP contribution >= 0.6 is 0 Å². The van der Waals surface area contributed by atoms with Crippen LogP contribution in [0.2, 0.25) is 0 Å². The molecule has 2 fully saturated rings. The average Bonchev–Trinajstić information content (AvgIpc) is 3.17. The van der Waals surface area contributed by atoms with Crippen LogP contribution < -0.4 is 5.73 Å². The number of methoxy groups -OCH3 is 1. The van der Waals surface area contributed by atoms with E-state index in [2.05, 4.69) is 5.10 Å². The number of hydrogen-bond acceptors (Lipinski definition) is 4. The molecule has 0 spiro atoms. The summed E-state index contributed by atoms with van der Waals surface area (Å²) in [6.45, 7) is 3.56. The van der Waals surface area contributed by atoms with E-state index in [0.29, 0.717) is 31.3 Å². The maximum atomic E-state index is 13.2. The fourth-order valence-corrected chi connectivity index (χ4v) is 3.80. The predicted molar refractivity (Wildman–Crippen MR) is 88.6 cm³/mol. The number of ether oxygens (including phenoxy) is 1. The van der Waals surface area contributed by atoms with Crippen LogP contribution in [0.15, 0.2) is 6.07 Å². The quantitative estimate of drug-likeness (QED) is 0.813. The molecule has 1 saturated carbocycles. The topological polar surface area (TPSA) is 90.4 Å². The van der Waals surface area contributed by atoms with Gasteiger partial charge in [0.2, 0.25) is 5.91 Å². The number of hydrogen-bond donors (Lipinski definition) is 1. The molecule has 7 heteroatoms. The van der Waals surface area contributed by atoms with Crippen LogP contribution in [0.3, 0.4) is 0 Å². The Morgan fingerprint density at radius 1 is 1.46 bits per heavy atom. The van der Waals surface area contributed by atoms with E-state index in [9.17, 15) is 9.59 Å². The van der Waals surface area contributed by atoms with Gasteiger partial charge in [-0.15, -0.1) is 0 Å². The molecule has 1 aliphatic carbocycles. The van der Waals surface area contributed by atoms with Crippen molar-refractivity contribution >= 4 is 11.8 Å². The van der Waals surface area contributed by atoms with Crippen molar-refractivity contribution in [3.63, 3.8) is 0 Å². The van der Waals surface area contributed by atoms with Crippen LogP contribution in [0.1, 0.15) is 61.1 Å². The zero-order valence-electron chi connectivity index (χ0n) is 14.5. The molecule has 7 nitrogen and oxygen atoms in total. The fourth-order valence-electron chi connectivity index (χ4n) is 3.80. The second kappa shape index (κ2) is 6.55. The minimum absolute atomic E-state index is 0.0768. The van der Waals surface area contributed by atoms with Crippen molar-refractivity contribution in [2.75, 3.05) is 20.3 Å². The lowest BCUT2D eigenvalue weighted by Gasteiger charge is -2.37. The number of amides is 2. The van der Waals surface area contributed by atoms with Gasteiger partial charge < -0.3 is 15.4 Å². The molecular weight excluding hydrogens is 308 g/mol. The number of rotatable bonds is 7. The summed E-state index contributed by atoms with van der Waals surface area (Å²) < 4.78 is 7.11. The molecule has 132 valence electrons. The molecule has 24 heavy (non-hydrogen) atoms. The SMILES string of the molecule is CCn1nc(C2CC2)cc1C(=O)N1CCC[C@]1(COC)CC(N)=O. The molecule has 1 aliphatic heterocycles. The third-order valence-electron chi connectivity index (χ3n) is 5.07. The number of aromatic nitrogens is 2. The van der Waals surface area contributed by atoms with Gasteiger partial charge in [0.25, 0.3) is 5.91 Å². The first-order valence-corrected chi connectivity index (χ1v) is 8.67. The summed E-state index contributed by atoms with van der Waals surface area (Å²) in [6.07, 6.45) is 3.99. The third-order valence-corrected chi connectivity index (χ3v) is 5.07. The fraction of sp³-hybridized carbons (Fsp3) is 0.706. The van der Waals surface area contributed by atoms with Crippen LogP contribution in [-0.4, -0.2) is 52.3 Å². The smallest absolute Gasteiger partial charge is 0.272 e. The number of carbonyl (C=O) groups is 2. The van der Waals surface area contributed by atoms with E-state index in [-0.39, 0.29) is 12.3 Å². The van der Waals surface area contributed by atoms with Gasteiger partial charge in [0.15, 0.2) is 0 Å². The maximum Gasteiger partial charge on any atom is 0.272 e. The van der Waals surface area contributed by atoms with Crippen LogP contribution in [-0.2, 0) is 16.1 Å².